The quantitative estimate of drug-likeness (QED) is 0.589. The maximum absolute atomic E-state index is 12.4. The van der Waals surface area contributed by atoms with Crippen molar-refractivity contribution in [1.29, 1.82) is 0 Å². The zero-order valence-electron chi connectivity index (χ0n) is 12.3. The summed E-state index contributed by atoms with van der Waals surface area (Å²) in [6, 6.07) is 3.84. The molecule has 0 saturated carbocycles. The minimum absolute atomic E-state index is 0.176. The average Bonchev–Trinajstić information content (AvgIpc) is 2.76. The molecule has 1 aliphatic heterocycles. The first kappa shape index (κ1) is 17.8. The Balaban J connectivity index is 2.27. The van der Waals surface area contributed by atoms with E-state index in [0.717, 1.165) is 16.7 Å². The van der Waals surface area contributed by atoms with E-state index in [2.05, 4.69) is 0 Å². The van der Waals surface area contributed by atoms with Crippen molar-refractivity contribution in [1.82, 2.24) is 4.90 Å². The van der Waals surface area contributed by atoms with Gasteiger partial charge in [0, 0.05) is 10.0 Å². The van der Waals surface area contributed by atoms with Gasteiger partial charge in [-0.25, -0.2) is 4.79 Å². The maximum Gasteiger partial charge on any atom is 0.329 e. The topological polar surface area (TPSA) is 63.7 Å². The van der Waals surface area contributed by atoms with Gasteiger partial charge in [0.05, 0.1) is 11.5 Å². The number of hydrogen-bond acceptors (Lipinski definition) is 5. The SMILES string of the molecule is CCOC(=O)[C@@H](C)N1C(=O)S/C(=C/c2ccc(Cl)cc2Cl)C1=O. The maximum atomic E-state index is 12.4. The van der Waals surface area contributed by atoms with Crippen LogP contribution in [0.3, 0.4) is 0 Å². The summed E-state index contributed by atoms with van der Waals surface area (Å²) in [6.07, 6.45) is 1.50. The number of benzene rings is 1. The van der Waals surface area contributed by atoms with Crippen molar-refractivity contribution in [3.05, 3.63) is 38.7 Å². The first-order chi connectivity index (χ1) is 10.8. The number of thioether (sulfide) groups is 1. The van der Waals surface area contributed by atoms with Gasteiger partial charge >= 0.3 is 5.97 Å². The molecule has 0 N–H and O–H groups in total. The lowest BCUT2D eigenvalue weighted by atomic mass is 10.2. The number of esters is 1. The van der Waals surface area contributed by atoms with E-state index in [1.165, 1.54) is 13.0 Å². The molecule has 8 heteroatoms. The molecule has 1 heterocycles. The van der Waals surface area contributed by atoms with Gasteiger partial charge in [-0.05, 0) is 49.4 Å². The molecule has 1 atom stereocenters. The van der Waals surface area contributed by atoms with E-state index in [1.54, 1.807) is 25.1 Å². The second-order valence-electron chi connectivity index (χ2n) is 4.65. The van der Waals surface area contributed by atoms with Crippen LogP contribution in [0.2, 0.25) is 10.0 Å². The summed E-state index contributed by atoms with van der Waals surface area (Å²) in [6.45, 7) is 3.28. The smallest absolute Gasteiger partial charge is 0.329 e. The standard InChI is InChI=1S/C15H13Cl2NO4S/c1-3-22-14(20)8(2)18-13(19)12(23-15(18)21)6-9-4-5-10(16)7-11(9)17/h4-8H,3H2,1-2H3/b12-6+/t8-/m1/s1. The number of carbonyl (C=O) groups excluding carboxylic acids is 3. The number of carbonyl (C=O) groups is 3. The molecule has 2 amide bonds. The molecule has 1 saturated heterocycles. The van der Waals surface area contributed by atoms with E-state index in [1.807, 2.05) is 0 Å². The third kappa shape index (κ3) is 3.88. The van der Waals surface area contributed by atoms with Crippen LogP contribution in [0.4, 0.5) is 4.79 Å². The molecule has 0 unspecified atom stereocenters. The van der Waals surface area contributed by atoms with Crippen molar-refractivity contribution in [2.45, 2.75) is 19.9 Å². The van der Waals surface area contributed by atoms with Crippen LogP contribution >= 0.6 is 35.0 Å². The van der Waals surface area contributed by atoms with Crippen LogP contribution < -0.4 is 0 Å². The Bertz CT molecular complexity index is 705. The fourth-order valence-electron chi connectivity index (χ4n) is 1.94. The number of hydrogen-bond donors (Lipinski definition) is 0. The Morgan fingerprint density at radius 1 is 1.39 bits per heavy atom. The number of ether oxygens (including phenoxy) is 1. The zero-order valence-corrected chi connectivity index (χ0v) is 14.7. The van der Waals surface area contributed by atoms with Crippen LogP contribution in [-0.2, 0) is 14.3 Å². The predicted molar refractivity (Wildman–Crippen MR) is 90.4 cm³/mol. The van der Waals surface area contributed by atoms with Gasteiger partial charge in [0.1, 0.15) is 6.04 Å². The molecule has 1 aromatic rings. The highest BCUT2D eigenvalue weighted by atomic mass is 35.5. The van der Waals surface area contributed by atoms with Gasteiger partial charge in [-0.15, -0.1) is 0 Å². The molecule has 122 valence electrons. The summed E-state index contributed by atoms with van der Waals surface area (Å²) in [4.78, 5) is 37.2. The van der Waals surface area contributed by atoms with Crippen LogP contribution in [-0.4, -0.2) is 34.7 Å². The van der Waals surface area contributed by atoms with E-state index >= 15 is 0 Å². The lowest BCUT2D eigenvalue weighted by Gasteiger charge is -2.19. The summed E-state index contributed by atoms with van der Waals surface area (Å²) in [7, 11) is 0. The third-order valence-corrected chi connectivity index (χ3v) is 4.53. The highest BCUT2D eigenvalue weighted by molar-refractivity contribution is 8.18. The summed E-state index contributed by atoms with van der Waals surface area (Å²) < 4.78 is 4.85. The van der Waals surface area contributed by atoms with Crippen molar-refractivity contribution in [3.8, 4) is 0 Å². The van der Waals surface area contributed by atoms with Crippen molar-refractivity contribution < 1.29 is 19.1 Å². The largest absolute Gasteiger partial charge is 0.464 e. The second kappa shape index (κ2) is 7.38. The molecule has 0 radical (unpaired) electrons. The molecule has 2 rings (SSSR count). The lowest BCUT2D eigenvalue weighted by molar-refractivity contribution is -0.150. The average molecular weight is 374 g/mol. The van der Waals surface area contributed by atoms with E-state index in [0.29, 0.717) is 15.6 Å². The van der Waals surface area contributed by atoms with Gasteiger partial charge in [-0.2, -0.15) is 0 Å². The van der Waals surface area contributed by atoms with E-state index in [-0.39, 0.29) is 11.5 Å². The Hall–Kier alpha value is -1.50. The van der Waals surface area contributed by atoms with Crippen molar-refractivity contribution >= 4 is 58.2 Å². The van der Waals surface area contributed by atoms with E-state index < -0.39 is 23.2 Å². The van der Waals surface area contributed by atoms with Crippen LogP contribution in [0.1, 0.15) is 19.4 Å². The Kier molecular flexibility index (Phi) is 5.73. The van der Waals surface area contributed by atoms with Crippen LogP contribution in [0.25, 0.3) is 6.08 Å². The normalized spacial score (nSPS) is 17.7. The molecule has 1 aliphatic rings. The monoisotopic (exact) mass is 373 g/mol. The van der Waals surface area contributed by atoms with Crippen LogP contribution in [0.5, 0.6) is 0 Å². The van der Waals surface area contributed by atoms with Gasteiger partial charge in [0.2, 0.25) is 0 Å². The minimum Gasteiger partial charge on any atom is -0.464 e. The summed E-state index contributed by atoms with van der Waals surface area (Å²) in [5.74, 6) is -1.17. The molecule has 0 spiro atoms. The molecule has 1 fully saturated rings. The van der Waals surface area contributed by atoms with Gasteiger partial charge in [0.25, 0.3) is 11.1 Å². The third-order valence-electron chi connectivity index (χ3n) is 3.09. The molecule has 0 aromatic heterocycles. The van der Waals surface area contributed by atoms with Gasteiger partial charge in [-0.1, -0.05) is 29.3 Å². The summed E-state index contributed by atoms with van der Waals surface area (Å²) in [5, 5.41) is 0.311. The Morgan fingerprint density at radius 3 is 2.70 bits per heavy atom. The highest BCUT2D eigenvalue weighted by Gasteiger charge is 2.41. The Morgan fingerprint density at radius 2 is 2.09 bits per heavy atom. The fourth-order valence-corrected chi connectivity index (χ4v) is 3.30. The van der Waals surface area contributed by atoms with Crippen molar-refractivity contribution in [2.75, 3.05) is 6.61 Å². The number of imide groups is 1. The van der Waals surface area contributed by atoms with Crippen LogP contribution in [0, 0.1) is 0 Å². The predicted octanol–water partition coefficient (Wildman–Crippen LogP) is 3.98. The molecule has 5 nitrogen and oxygen atoms in total. The second-order valence-corrected chi connectivity index (χ2v) is 6.48. The first-order valence-electron chi connectivity index (χ1n) is 6.74. The number of halogens is 2. The lowest BCUT2D eigenvalue weighted by Crippen LogP contribution is -2.42. The van der Waals surface area contributed by atoms with Crippen LogP contribution in [0.15, 0.2) is 23.1 Å². The first-order valence-corrected chi connectivity index (χ1v) is 8.31. The minimum atomic E-state index is -0.978. The molecule has 23 heavy (non-hydrogen) atoms. The van der Waals surface area contributed by atoms with E-state index in [9.17, 15) is 14.4 Å². The highest BCUT2D eigenvalue weighted by Crippen LogP contribution is 2.35. The summed E-state index contributed by atoms with van der Waals surface area (Å²) >= 11 is 12.6. The number of rotatable bonds is 4. The molecule has 0 bridgehead atoms. The molecular formula is C15H13Cl2NO4S. The number of amides is 2. The van der Waals surface area contributed by atoms with Crippen molar-refractivity contribution in [2.24, 2.45) is 0 Å². The Labute approximate surface area is 147 Å². The van der Waals surface area contributed by atoms with Crippen molar-refractivity contribution in [3.63, 3.8) is 0 Å². The van der Waals surface area contributed by atoms with E-state index in [4.69, 9.17) is 27.9 Å². The molecule has 0 aliphatic carbocycles. The zero-order chi connectivity index (χ0) is 17.1. The fraction of sp³-hybridized carbons (Fsp3) is 0.267. The van der Waals surface area contributed by atoms with Gasteiger partial charge in [0.15, 0.2) is 0 Å². The summed E-state index contributed by atoms with van der Waals surface area (Å²) in [5.41, 5.74) is 0.561. The molecular weight excluding hydrogens is 361 g/mol. The van der Waals surface area contributed by atoms with Gasteiger partial charge in [-0.3, -0.25) is 14.5 Å². The number of nitrogens with zero attached hydrogens (tertiary/aromatic N) is 1. The van der Waals surface area contributed by atoms with Gasteiger partial charge < -0.3 is 4.74 Å². The molecule has 1 aromatic carbocycles.